The van der Waals surface area contributed by atoms with Crippen LogP contribution < -0.4 is 4.72 Å². The van der Waals surface area contributed by atoms with E-state index >= 15 is 0 Å². The number of carbonyl (C=O) groups excluding carboxylic acids is 1. The van der Waals surface area contributed by atoms with Crippen LogP contribution in [-0.4, -0.2) is 42.0 Å². The highest BCUT2D eigenvalue weighted by molar-refractivity contribution is 7.92. The van der Waals surface area contributed by atoms with E-state index in [1.54, 1.807) is 24.5 Å². The summed E-state index contributed by atoms with van der Waals surface area (Å²) in [7, 11) is -4.18. The van der Waals surface area contributed by atoms with Gasteiger partial charge in [-0.05, 0) is 36.4 Å². The molecule has 0 bridgehead atoms. The molecule has 0 aliphatic rings. The minimum absolute atomic E-state index is 0.203. The molecular weight excluding hydrogens is 426 g/mol. The van der Waals surface area contributed by atoms with Crippen molar-refractivity contribution >= 4 is 40.9 Å². The van der Waals surface area contributed by atoms with Crippen molar-refractivity contribution in [2.75, 3.05) is 4.72 Å². The fourth-order valence-corrected chi connectivity index (χ4v) is 3.70. The first kappa shape index (κ1) is 21.9. The second-order valence-corrected chi connectivity index (χ2v) is 8.18. The quantitative estimate of drug-likeness (QED) is 0.466. The van der Waals surface area contributed by atoms with Gasteiger partial charge in [-0.25, -0.2) is 17.2 Å². The summed E-state index contributed by atoms with van der Waals surface area (Å²) in [6.07, 6.45) is 3.21. The van der Waals surface area contributed by atoms with Crippen LogP contribution in [0.3, 0.4) is 0 Å². The first-order valence-electron chi connectivity index (χ1n) is 8.87. The molecular formula is C21H18F2N4O3S+2. The zero-order valence-corrected chi connectivity index (χ0v) is 17.0. The van der Waals surface area contributed by atoms with Crippen molar-refractivity contribution in [1.82, 2.24) is 4.98 Å². The predicted molar refractivity (Wildman–Crippen MR) is 111 cm³/mol. The van der Waals surface area contributed by atoms with Gasteiger partial charge in [0.15, 0.2) is 6.54 Å². The van der Waals surface area contributed by atoms with E-state index in [0.29, 0.717) is 5.69 Å². The van der Waals surface area contributed by atoms with Crippen LogP contribution in [0.15, 0.2) is 71.9 Å². The second kappa shape index (κ2) is 8.92. The largest absolute Gasteiger partial charge is 0.676 e. The first-order valence-corrected chi connectivity index (χ1v) is 10.3. The smallest absolute Gasteiger partial charge is 0.277 e. The van der Waals surface area contributed by atoms with Crippen LogP contribution in [-0.2, 0) is 16.6 Å². The van der Waals surface area contributed by atoms with Gasteiger partial charge in [0, 0.05) is 36.2 Å². The van der Waals surface area contributed by atoms with Gasteiger partial charge in [0.25, 0.3) is 10.0 Å². The molecule has 1 aromatic heterocycles. The lowest BCUT2D eigenvalue weighted by molar-refractivity contribution is -0.537. The molecule has 0 atom stereocenters. The minimum Gasteiger partial charge on any atom is -0.277 e. The molecule has 7 nitrogen and oxygen atoms in total. The van der Waals surface area contributed by atoms with E-state index in [9.17, 15) is 22.0 Å². The van der Waals surface area contributed by atoms with Gasteiger partial charge in [-0.2, -0.15) is 4.79 Å². The zero-order chi connectivity index (χ0) is 22.6. The predicted octanol–water partition coefficient (Wildman–Crippen LogP) is 3.54. The maximum atomic E-state index is 13.7. The van der Waals surface area contributed by atoms with Crippen molar-refractivity contribution in [2.45, 2.75) is 11.4 Å². The Bertz CT molecular complexity index is 1260. The number of amides is 2. The molecule has 0 aliphatic carbocycles. The van der Waals surface area contributed by atoms with Gasteiger partial charge in [0.1, 0.15) is 25.1 Å². The van der Waals surface area contributed by atoms with E-state index in [1.807, 2.05) is 4.72 Å². The molecule has 3 aromatic rings. The third-order valence-electron chi connectivity index (χ3n) is 4.23. The molecule has 0 spiro atoms. The van der Waals surface area contributed by atoms with E-state index < -0.39 is 33.4 Å². The van der Waals surface area contributed by atoms with E-state index in [0.717, 1.165) is 28.3 Å². The summed E-state index contributed by atoms with van der Waals surface area (Å²) in [6, 6.07) is 10.6. The van der Waals surface area contributed by atoms with E-state index in [1.165, 1.54) is 28.8 Å². The average Bonchev–Trinajstić information content (AvgIpc) is 2.76. The van der Waals surface area contributed by atoms with Crippen LogP contribution in [0.4, 0.5) is 25.0 Å². The molecule has 2 amide bonds. The van der Waals surface area contributed by atoms with Crippen LogP contribution in [0, 0.1) is 11.6 Å². The third-order valence-corrected chi connectivity index (χ3v) is 5.61. The lowest BCUT2D eigenvalue weighted by Gasteiger charge is -2.09. The molecule has 0 saturated heterocycles. The highest BCUT2D eigenvalue weighted by Gasteiger charge is 2.30. The van der Waals surface area contributed by atoms with Crippen LogP contribution in [0.2, 0.25) is 0 Å². The fraction of sp³-hybridized carbons (Fsp3) is 0.0476. The Morgan fingerprint density at radius 3 is 2.42 bits per heavy atom. The van der Waals surface area contributed by atoms with Crippen LogP contribution >= 0.6 is 0 Å². The summed E-state index contributed by atoms with van der Waals surface area (Å²) in [6.45, 7) is 7.59. The van der Waals surface area contributed by atoms with Gasteiger partial charge < -0.3 is 0 Å². The molecule has 0 unspecified atom stereocenters. The third kappa shape index (κ3) is 5.23. The molecule has 2 aromatic carbocycles. The number of benzene rings is 2. The zero-order valence-electron chi connectivity index (χ0n) is 16.2. The second-order valence-electron chi connectivity index (χ2n) is 6.49. The van der Waals surface area contributed by atoms with Crippen molar-refractivity contribution in [3.05, 3.63) is 84.2 Å². The number of nitrogens with zero attached hydrogens (tertiary/aromatic N) is 3. The van der Waals surface area contributed by atoms with E-state index in [-0.39, 0.29) is 11.4 Å². The first-order chi connectivity index (χ1) is 14.7. The van der Waals surface area contributed by atoms with Crippen molar-refractivity contribution in [3.8, 4) is 0 Å². The van der Waals surface area contributed by atoms with Crippen molar-refractivity contribution in [1.29, 1.82) is 0 Å². The van der Waals surface area contributed by atoms with Gasteiger partial charge in [-0.3, -0.25) is 9.71 Å². The normalized spacial score (nSPS) is 11.0. The maximum Gasteiger partial charge on any atom is 0.676 e. The summed E-state index contributed by atoms with van der Waals surface area (Å²) in [5, 5.41) is 0. The monoisotopic (exact) mass is 444 g/mol. The Balaban J connectivity index is 1.74. The van der Waals surface area contributed by atoms with E-state index in [4.69, 9.17) is 0 Å². The maximum absolute atomic E-state index is 13.7. The van der Waals surface area contributed by atoms with Gasteiger partial charge >= 0.3 is 6.03 Å². The topological polar surface area (TPSA) is 82.2 Å². The summed E-state index contributed by atoms with van der Waals surface area (Å²) in [5.74, 6) is -1.70. The molecule has 0 fully saturated rings. The summed E-state index contributed by atoms with van der Waals surface area (Å²) >= 11 is 0. The van der Waals surface area contributed by atoms with Gasteiger partial charge in [0.05, 0.1) is 10.6 Å². The Morgan fingerprint density at radius 1 is 1.06 bits per heavy atom. The number of hydrogen-bond donors (Lipinski definition) is 1. The fourth-order valence-electron chi connectivity index (χ4n) is 2.65. The van der Waals surface area contributed by atoms with E-state index in [2.05, 4.69) is 18.4 Å². The number of carbonyl (C=O) groups is 1. The number of rotatable bonds is 6. The number of urea groups is 1. The lowest BCUT2D eigenvalue weighted by Crippen LogP contribution is -2.26. The Kier molecular flexibility index (Phi) is 6.30. The van der Waals surface area contributed by atoms with Crippen molar-refractivity contribution < 1.29 is 31.1 Å². The molecule has 3 rings (SSSR count). The molecule has 158 valence electrons. The van der Waals surface area contributed by atoms with Crippen LogP contribution in [0.1, 0.15) is 5.56 Å². The van der Waals surface area contributed by atoms with Gasteiger partial charge in [0.2, 0.25) is 5.69 Å². The van der Waals surface area contributed by atoms with Gasteiger partial charge in [-0.15, -0.1) is 4.58 Å². The van der Waals surface area contributed by atoms with Gasteiger partial charge in [-0.1, -0.05) is 4.58 Å². The molecule has 0 radical (unpaired) electrons. The minimum atomic E-state index is -4.18. The SMILES string of the molecule is C=[N+](Cc1cccnc1)C(=O)[N+](=C)c1ccc(S(=O)(=O)Nc2cc(F)ccc2F)cc1. The highest BCUT2D eigenvalue weighted by Crippen LogP contribution is 2.22. The standard InChI is InChI=1S/C21H18F2N4O3S/c1-26(14-15-4-3-11-24-13-15)21(28)27(2)17-6-8-18(9-7-17)31(29,30)25-20-12-16(22)5-10-19(20)23/h3-13,25H,1-2,14H2/q+2. The summed E-state index contributed by atoms with van der Waals surface area (Å²) in [4.78, 5) is 16.3. The summed E-state index contributed by atoms with van der Waals surface area (Å²) < 4.78 is 56.2. The number of anilines is 1. The average molecular weight is 444 g/mol. The Labute approximate surface area is 177 Å². The molecule has 1 N–H and O–H groups in total. The van der Waals surface area contributed by atoms with Crippen molar-refractivity contribution in [3.63, 3.8) is 0 Å². The molecule has 0 saturated carbocycles. The number of hydrogen-bond acceptors (Lipinski definition) is 4. The molecule has 1 heterocycles. The molecule has 0 aliphatic heterocycles. The number of halogens is 2. The highest BCUT2D eigenvalue weighted by atomic mass is 32.2. The molecule has 31 heavy (non-hydrogen) atoms. The Hall–Kier alpha value is -3.79. The number of aromatic nitrogens is 1. The van der Waals surface area contributed by atoms with Crippen LogP contribution in [0.5, 0.6) is 0 Å². The van der Waals surface area contributed by atoms with Crippen molar-refractivity contribution in [2.24, 2.45) is 0 Å². The summed E-state index contributed by atoms with van der Waals surface area (Å²) in [5.41, 5.74) is 0.568. The number of pyridine rings is 1. The Morgan fingerprint density at radius 2 is 1.77 bits per heavy atom. The number of nitrogens with one attached hydrogen (secondary N) is 1. The molecule has 10 heteroatoms. The number of sulfonamides is 1. The lowest BCUT2D eigenvalue weighted by atomic mass is 10.3. The van der Waals surface area contributed by atoms with Crippen LogP contribution in [0.25, 0.3) is 0 Å².